The van der Waals surface area contributed by atoms with Crippen LogP contribution in [0.4, 0.5) is 13.2 Å². The number of pyridine rings is 1. The minimum Gasteiger partial charge on any atom is -0.481 e. The third kappa shape index (κ3) is 5.16. The fraction of sp³-hybridized carbons (Fsp3) is 0.321. The summed E-state index contributed by atoms with van der Waals surface area (Å²) >= 11 is 0. The number of carboxylic acid groups (broad SMARTS) is 1. The van der Waals surface area contributed by atoms with Crippen molar-refractivity contribution in [1.82, 2.24) is 14.9 Å². The number of hydrogen-bond donors (Lipinski definition) is 2. The number of halogens is 3. The van der Waals surface area contributed by atoms with Crippen LogP contribution in [0, 0.1) is 11.8 Å². The average Bonchev–Trinajstić information content (AvgIpc) is 3.29. The molecule has 0 bridgehead atoms. The van der Waals surface area contributed by atoms with Crippen LogP contribution in [-0.4, -0.2) is 33.1 Å². The summed E-state index contributed by atoms with van der Waals surface area (Å²) in [6.45, 7) is 0.404. The molecule has 192 valence electrons. The SMILES string of the molecule is O=C(NCC1CCC(C(=O)O)CC1)c1c(C(F)(F)F)ccc2ccn(Cc3ccc4ccccc4n3)c12. The Morgan fingerprint density at radius 1 is 0.973 bits per heavy atom. The molecule has 0 aliphatic heterocycles. The predicted molar refractivity (Wildman–Crippen MR) is 133 cm³/mol. The maximum absolute atomic E-state index is 14.0. The van der Waals surface area contributed by atoms with Crippen molar-refractivity contribution >= 4 is 33.7 Å². The number of fused-ring (bicyclic) bond motifs is 2. The van der Waals surface area contributed by atoms with Crippen LogP contribution in [0.25, 0.3) is 21.8 Å². The van der Waals surface area contributed by atoms with E-state index in [9.17, 15) is 27.9 Å². The van der Waals surface area contributed by atoms with Gasteiger partial charge in [-0.2, -0.15) is 13.2 Å². The molecular weight excluding hydrogens is 483 g/mol. The fourth-order valence-corrected chi connectivity index (χ4v) is 5.20. The summed E-state index contributed by atoms with van der Waals surface area (Å²) in [7, 11) is 0. The Bertz CT molecular complexity index is 1470. The Labute approximate surface area is 211 Å². The lowest BCUT2D eigenvalue weighted by Crippen LogP contribution is -2.33. The zero-order valence-electron chi connectivity index (χ0n) is 20.0. The highest BCUT2D eigenvalue weighted by Crippen LogP contribution is 2.36. The summed E-state index contributed by atoms with van der Waals surface area (Å²) in [4.78, 5) is 29.1. The molecule has 4 aromatic rings. The molecule has 5 rings (SSSR count). The van der Waals surface area contributed by atoms with E-state index in [0.717, 1.165) is 17.0 Å². The van der Waals surface area contributed by atoms with Crippen molar-refractivity contribution < 1.29 is 27.9 Å². The van der Waals surface area contributed by atoms with Crippen molar-refractivity contribution in [1.29, 1.82) is 0 Å². The average molecular weight is 510 g/mol. The number of carboxylic acids is 1. The Kier molecular flexibility index (Phi) is 6.62. The summed E-state index contributed by atoms with van der Waals surface area (Å²) in [6, 6.07) is 15.4. The van der Waals surface area contributed by atoms with Crippen molar-refractivity contribution in [3.8, 4) is 0 Å². The first-order valence-corrected chi connectivity index (χ1v) is 12.3. The van der Waals surface area contributed by atoms with Gasteiger partial charge in [0.25, 0.3) is 5.91 Å². The number of carbonyl (C=O) groups is 2. The van der Waals surface area contributed by atoms with Crippen LogP contribution >= 0.6 is 0 Å². The Hall–Kier alpha value is -3.88. The van der Waals surface area contributed by atoms with E-state index >= 15 is 0 Å². The first-order chi connectivity index (χ1) is 17.7. The number of para-hydroxylation sites is 1. The van der Waals surface area contributed by atoms with Crippen molar-refractivity contribution in [3.05, 3.63) is 77.6 Å². The number of aromatic nitrogens is 2. The lowest BCUT2D eigenvalue weighted by Gasteiger charge is -2.26. The predicted octanol–water partition coefficient (Wildman–Crippen LogP) is 5.88. The molecule has 0 atom stereocenters. The number of alkyl halides is 3. The van der Waals surface area contributed by atoms with E-state index in [-0.39, 0.29) is 24.5 Å². The highest BCUT2D eigenvalue weighted by atomic mass is 19.4. The van der Waals surface area contributed by atoms with Crippen molar-refractivity contribution in [2.24, 2.45) is 11.8 Å². The van der Waals surface area contributed by atoms with Gasteiger partial charge in [0.1, 0.15) is 0 Å². The number of carbonyl (C=O) groups excluding carboxylic acids is 1. The molecule has 1 saturated carbocycles. The van der Waals surface area contributed by atoms with Gasteiger partial charge in [-0.1, -0.05) is 30.3 Å². The summed E-state index contributed by atoms with van der Waals surface area (Å²) in [6.07, 6.45) is -0.820. The zero-order chi connectivity index (χ0) is 26.2. The second-order valence-electron chi connectivity index (χ2n) is 9.63. The molecule has 1 amide bonds. The van der Waals surface area contributed by atoms with E-state index in [0.29, 0.717) is 36.8 Å². The van der Waals surface area contributed by atoms with E-state index < -0.39 is 35.1 Å². The third-order valence-electron chi connectivity index (χ3n) is 7.20. The summed E-state index contributed by atoms with van der Waals surface area (Å²) in [5, 5.41) is 13.4. The number of nitrogens with zero attached hydrogens (tertiary/aromatic N) is 2. The van der Waals surface area contributed by atoms with E-state index in [1.165, 1.54) is 6.07 Å². The molecular formula is C28H26F3N3O3. The fourth-order valence-electron chi connectivity index (χ4n) is 5.20. The van der Waals surface area contributed by atoms with Gasteiger partial charge >= 0.3 is 12.1 Å². The molecule has 2 N–H and O–H groups in total. The lowest BCUT2D eigenvalue weighted by molar-refractivity contribution is -0.143. The van der Waals surface area contributed by atoms with Gasteiger partial charge in [0.15, 0.2) is 0 Å². The van der Waals surface area contributed by atoms with Crippen LogP contribution in [0.2, 0.25) is 0 Å². The van der Waals surface area contributed by atoms with Crippen LogP contribution < -0.4 is 5.32 Å². The topological polar surface area (TPSA) is 84.2 Å². The molecule has 1 aliphatic rings. The number of amides is 1. The van der Waals surface area contributed by atoms with E-state index in [1.807, 2.05) is 36.4 Å². The smallest absolute Gasteiger partial charge is 0.417 e. The van der Waals surface area contributed by atoms with Crippen LogP contribution in [0.5, 0.6) is 0 Å². The van der Waals surface area contributed by atoms with Gasteiger partial charge in [0, 0.05) is 23.5 Å². The Morgan fingerprint density at radius 3 is 2.43 bits per heavy atom. The number of aliphatic carboxylic acids is 1. The van der Waals surface area contributed by atoms with Crippen molar-refractivity contribution in [2.75, 3.05) is 6.54 Å². The molecule has 0 radical (unpaired) electrons. The first kappa shape index (κ1) is 24.8. The second kappa shape index (κ2) is 9.88. The second-order valence-corrected chi connectivity index (χ2v) is 9.63. The molecule has 37 heavy (non-hydrogen) atoms. The minimum atomic E-state index is -4.71. The molecule has 2 aromatic carbocycles. The van der Waals surface area contributed by atoms with E-state index in [2.05, 4.69) is 10.3 Å². The first-order valence-electron chi connectivity index (χ1n) is 12.3. The number of hydrogen-bond acceptors (Lipinski definition) is 3. The van der Waals surface area contributed by atoms with Crippen LogP contribution in [0.1, 0.15) is 47.3 Å². The molecule has 0 unspecified atom stereocenters. The molecule has 6 nitrogen and oxygen atoms in total. The third-order valence-corrected chi connectivity index (χ3v) is 7.20. The molecule has 0 saturated heterocycles. The van der Waals surface area contributed by atoms with Gasteiger partial charge in [0.05, 0.1) is 40.3 Å². The van der Waals surface area contributed by atoms with Gasteiger partial charge in [-0.05, 0) is 55.9 Å². The van der Waals surface area contributed by atoms with Crippen LogP contribution in [0.15, 0.2) is 60.8 Å². The van der Waals surface area contributed by atoms with Gasteiger partial charge < -0.3 is 15.0 Å². The van der Waals surface area contributed by atoms with Gasteiger partial charge in [0.2, 0.25) is 0 Å². The maximum atomic E-state index is 14.0. The monoisotopic (exact) mass is 509 g/mol. The zero-order valence-corrected chi connectivity index (χ0v) is 20.0. The number of nitrogens with one attached hydrogen (secondary N) is 1. The largest absolute Gasteiger partial charge is 0.481 e. The summed E-state index contributed by atoms with van der Waals surface area (Å²) < 4.78 is 43.7. The molecule has 0 spiro atoms. The standard InChI is InChI=1S/C28H26F3N3O3/c29-28(30,31)22-12-10-19-13-14-34(16-21-11-9-18-3-1-2-4-23(18)33-21)25(19)24(22)26(35)32-15-17-5-7-20(8-6-17)27(36)37/h1-4,9-14,17,20H,5-8,15-16H2,(H,32,35)(H,36,37). The summed E-state index contributed by atoms with van der Waals surface area (Å²) in [5.41, 5.74) is 0.253. The normalized spacial score (nSPS) is 18.2. The Balaban J connectivity index is 1.45. The molecule has 2 heterocycles. The Morgan fingerprint density at radius 2 is 1.70 bits per heavy atom. The van der Waals surface area contributed by atoms with Gasteiger partial charge in [-0.3, -0.25) is 14.6 Å². The molecule has 1 fully saturated rings. The van der Waals surface area contributed by atoms with E-state index in [4.69, 9.17) is 0 Å². The van der Waals surface area contributed by atoms with Crippen LogP contribution in [0.3, 0.4) is 0 Å². The lowest BCUT2D eigenvalue weighted by atomic mass is 9.82. The molecule has 2 aromatic heterocycles. The number of rotatable bonds is 6. The highest BCUT2D eigenvalue weighted by Gasteiger charge is 2.37. The van der Waals surface area contributed by atoms with Crippen molar-refractivity contribution in [3.63, 3.8) is 0 Å². The minimum absolute atomic E-state index is 0.0293. The maximum Gasteiger partial charge on any atom is 0.417 e. The van der Waals surface area contributed by atoms with Gasteiger partial charge in [-0.25, -0.2) is 0 Å². The number of benzene rings is 2. The molecule has 1 aliphatic carbocycles. The summed E-state index contributed by atoms with van der Waals surface area (Å²) in [5.74, 6) is -1.98. The quantitative estimate of drug-likeness (QED) is 0.340. The molecule has 9 heteroatoms. The highest BCUT2D eigenvalue weighted by molar-refractivity contribution is 6.07. The van der Waals surface area contributed by atoms with Crippen molar-refractivity contribution in [2.45, 2.75) is 38.4 Å². The van der Waals surface area contributed by atoms with E-state index in [1.54, 1.807) is 16.8 Å². The van der Waals surface area contributed by atoms with Crippen LogP contribution in [-0.2, 0) is 17.5 Å². The van der Waals surface area contributed by atoms with Gasteiger partial charge in [-0.15, -0.1) is 0 Å².